The summed E-state index contributed by atoms with van der Waals surface area (Å²) in [6.45, 7) is 0. The number of amides is 1. The molecular weight excluding hydrogens is 475 g/mol. The number of carbonyl (C=O) groups is 1. The Morgan fingerprint density at radius 3 is 2.30 bits per heavy atom. The minimum atomic E-state index is -0.197. The normalized spacial score (nSPS) is 21.1. The van der Waals surface area contributed by atoms with Crippen LogP contribution in [-0.4, -0.2) is 16.6 Å². The van der Waals surface area contributed by atoms with Crippen molar-refractivity contribution in [3.8, 4) is 0 Å². The molecule has 6 heteroatoms. The van der Waals surface area contributed by atoms with E-state index < -0.39 is 0 Å². The summed E-state index contributed by atoms with van der Waals surface area (Å²) >= 11 is 18.4. The highest BCUT2D eigenvalue weighted by molar-refractivity contribution is 6.31. The van der Waals surface area contributed by atoms with Gasteiger partial charge in [-0.1, -0.05) is 65.1 Å². The zero-order valence-corrected chi connectivity index (χ0v) is 20.0. The van der Waals surface area contributed by atoms with Gasteiger partial charge < -0.3 is 0 Å². The van der Waals surface area contributed by atoms with Gasteiger partial charge in [0.1, 0.15) is 0 Å². The second-order valence-corrected chi connectivity index (χ2v) is 9.67. The largest absolute Gasteiger partial charge is 0.274 e. The van der Waals surface area contributed by atoms with Crippen molar-refractivity contribution in [2.75, 3.05) is 0 Å². The third kappa shape index (κ3) is 4.59. The lowest BCUT2D eigenvalue weighted by atomic mass is 9.77. The van der Waals surface area contributed by atoms with Crippen molar-refractivity contribution < 1.29 is 4.79 Å². The van der Waals surface area contributed by atoms with Gasteiger partial charge in [0, 0.05) is 26.5 Å². The van der Waals surface area contributed by atoms with E-state index in [9.17, 15) is 4.79 Å². The molecule has 1 aliphatic carbocycles. The number of hydrogen-bond acceptors (Lipinski definition) is 2. The maximum Gasteiger partial charge on any atom is 0.274 e. The Bertz CT molecular complexity index is 1250. The van der Waals surface area contributed by atoms with Crippen LogP contribution in [0.5, 0.6) is 0 Å². The Balaban J connectivity index is 1.58. The average molecular weight is 496 g/mol. The van der Waals surface area contributed by atoms with Crippen LogP contribution in [0.3, 0.4) is 0 Å². The minimum absolute atomic E-state index is 0.113. The molecule has 3 nitrogen and oxygen atoms in total. The van der Waals surface area contributed by atoms with E-state index in [1.807, 2.05) is 48.5 Å². The third-order valence-corrected chi connectivity index (χ3v) is 6.94. The van der Waals surface area contributed by atoms with Crippen molar-refractivity contribution in [2.24, 2.45) is 11.0 Å². The summed E-state index contributed by atoms with van der Waals surface area (Å²) < 4.78 is 0. The number of nitrogens with zero attached hydrogens (tertiary/aromatic N) is 2. The van der Waals surface area contributed by atoms with E-state index in [0.29, 0.717) is 20.6 Å². The van der Waals surface area contributed by atoms with Crippen LogP contribution in [0, 0.1) is 5.92 Å². The van der Waals surface area contributed by atoms with Crippen LogP contribution < -0.4 is 0 Å². The molecule has 0 N–H and O–H groups in total. The SMILES string of the molecule is O=C(c1cccc(Cl)c1)N1N=C2/C(=C\c3ccc(Cl)cc3)CCCC2C1c1ccc(Cl)cc1. The predicted octanol–water partition coefficient (Wildman–Crippen LogP) is 8.08. The summed E-state index contributed by atoms with van der Waals surface area (Å²) in [6, 6.07) is 22.3. The molecule has 0 saturated heterocycles. The first-order valence-corrected chi connectivity index (χ1v) is 12.0. The molecule has 0 aromatic heterocycles. The lowest BCUT2D eigenvalue weighted by molar-refractivity contribution is 0.0681. The number of rotatable bonds is 3. The van der Waals surface area contributed by atoms with E-state index in [1.54, 1.807) is 29.3 Å². The Hall–Kier alpha value is -2.59. The highest BCUT2D eigenvalue weighted by Gasteiger charge is 2.43. The van der Waals surface area contributed by atoms with Crippen LogP contribution in [0.4, 0.5) is 0 Å². The van der Waals surface area contributed by atoms with Crippen LogP contribution in [0.1, 0.15) is 46.8 Å². The van der Waals surface area contributed by atoms with Crippen LogP contribution in [-0.2, 0) is 0 Å². The summed E-state index contributed by atoms with van der Waals surface area (Å²) in [6.07, 6.45) is 5.08. The molecule has 166 valence electrons. The van der Waals surface area contributed by atoms with Gasteiger partial charge in [-0.2, -0.15) is 5.10 Å². The quantitative estimate of drug-likeness (QED) is 0.361. The topological polar surface area (TPSA) is 32.7 Å². The average Bonchev–Trinajstić information content (AvgIpc) is 3.21. The molecule has 1 aliphatic heterocycles. The van der Waals surface area contributed by atoms with Crippen molar-refractivity contribution in [2.45, 2.75) is 25.3 Å². The Labute approximate surface area is 208 Å². The molecule has 3 aromatic rings. The fraction of sp³-hybridized carbons (Fsp3) is 0.185. The van der Waals surface area contributed by atoms with Crippen molar-refractivity contribution in [3.05, 3.63) is 110 Å². The van der Waals surface area contributed by atoms with Gasteiger partial charge in [0.2, 0.25) is 0 Å². The lowest BCUT2D eigenvalue weighted by Gasteiger charge is -2.29. The molecule has 0 radical (unpaired) electrons. The molecule has 5 rings (SSSR count). The Morgan fingerprint density at radius 2 is 1.61 bits per heavy atom. The van der Waals surface area contributed by atoms with Crippen molar-refractivity contribution in [3.63, 3.8) is 0 Å². The molecule has 3 aromatic carbocycles. The molecule has 1 amide bonds. The molecular formula is C27H21Cl3N2O. The number of allylic oxidation sites excluding steroid dienone is 1. The highest BCUT2D eigenvalue weighted by Crippen LogP contribution is 2.45. The van der Waals surface area contributed by atoms with E-state index in [0.717, 1.165) is 41.7 Å². The van der Waals surface area contributed by atoms with Crippen molar-refractivity contribution in [1.82, 2.24) is 5.01 Å². The van der Waals surface area contributed by atoms with E-state index in [-0.39, 0.29) is 17.9 Å². The van der Waals surface area contributed by atoms with Crippen LogP contribution in [0.15, 0.2) is 83.5 Å². The third-order valence-electron chi connectivity index (χ3n) is 6.20. The zero-order chi connectivity index (χ0) is 22.9. The molecule has 0 spiro atoms. The highest BCUT2D eigenvalue weighted by atomic mass is 35.5. The molecule has 2 atom stereocenters. The van der Waals surface area contributed by atoms with Gasteiger partial charge in [-0.3, -0.25) is 4.79 Å². The number of fused-ring (bicyclic) bond motifs is 1. The minimum Gasteiger partial charge on any atom is -0.267 e. The number of hydrazone groups is 1. The summed E-state index contributed by atoms with van der Waals surface area (Å²) in [5.41, 5.74) is 4.75. The molecule has 33 heavy (non-hydrogen) atoms. The van der Waals surface area contributed by atoms with Crippen LogP contribution >= 0.6 is 34.8 Å². The van der Waals surface area contributed by atoms with Gasteiger partial charge in [-0.05, 0) is 84.5 Å². The maximum atomic E-state index is 13.6. The van der Waals surface area contributed by atoms with Gasteiger partial charge in [0.05, 0.1) is 11.8 Å². The monoisotopic (exact) mass is 494 g/mol. The first kappa shape index (κ1) is 22.2. The molecule has 1 saturated carbocycles. The number of carbonyl (C=O) groups excluding carboxylic acids is 1. The summed E-state index contributed by atoms with van der Waals surface area (Å²) in [5.74, 6) is -0.0493. The van der Waals surface area contributed by atoms with E-state index in [4.69, 9.17) is 39.9 Å². The number of benzene rings is 3. The smallest absolute Gasteiger partial charge is 0.267 e. The van der Waals surface area contributed by atoms with Gasteiger partial charge in [0.25, 0.3) is 5.91 Å². The number of halogens is 3. The zero-order valence-electron chi connectivity index (χ0n) is 17.7. The summed E-state index contributed by atoms with van der Waals surface area (Å²) in [5, 5.41) is 8.45. The molecule has 2 aliphatic rings. The van der Waals surface area contributed by atoms with Gasteiger partial charge in [-0.15, -0.1) is 0 Å². The van der Waals surface area contributed by atoms with Gasteiger partial charge >= 0.3 is 0 Å². The molecule has 0 bridgehead atoms. The Morgan fingerprint density at radius 1 is 0.909 bits per heavy atom. The predicted molar refractivity (Wildman–Crippen MR) is 136 cm³/mol. The number of hydrogen-bond donors (Lipinski definition) is 0. The molecule has 1 heterocycles. The summed E-state index contributed by atoms with van der Waals surface area (Å²) in [7, 11) is 0. The van der Waals surface area contributed by atoms with Crippen molar-refractivity contribution in [1.29, 1.82) is 0 Å². The fourth-order valence-corrected chi connectivity index (χ4v) is 5.12. The second-order valence-electron chi connectivity index (χ2n) is 8.36. The van der Waals surface area contributed by atoms with Crippen LogP contribution in [0.2, 0.25) is 15.1 Å². The van der Waals surface area contributed by atoms with E-state index in [2.05, 4.69) is 6.08 Å². The van der Waals surface area contributed by atoms with Gasteiger partial charge in [0.15, 0.2) is 0 Å². The van der Waals surface area contributed by atoms with Crippen molar-refractivity contribution >= 4 is 52.5 Å². The molecule has 1 fully saturated rings. The maximum absolute atomic E-state index is 13.6. The second kappa shape index (κ2) is 9.34. The standard InChI is InChI=1S/C27H21Cl3N2O/c28-21-11-7-17(8-12-21)15-19-3-2-6-24-25(19)31-32(26(24)18-9-13-22(29)14-10-18)27(33)20-4-1-5-23(30)16-20/h1,4-5,7-16,24,26H,2-3,6H2/b19-15-. The fourth-order valence-electron chi connectivity index (χ4n) is 4.68. The van der Waals surface area contributed by atoms with E-state index in [1.165, 1.54) is 0 Å². The Kier molecular flexibility index (Phi) is 6.29. The first-order chi connectivity index (χ1) is 16.0. The van der Waals surface area contributed by atoms with Gasteiger partial charge in [-0.25, -0.2) is 5.01 Å². The lowest BCUT2D eigenvalue weighted by Crippen LogP contribution is -2.31. The first-order valence-electron chi connectivity index (χ1n) is 10.9. The van der Waals surface area contributed by atoms with E-state index >= 15 is 0 Å². The summed E-state index contributed by atoms with van der Waals surface area (Å²) in [4.78, 5) is 13.6. The molecule has 2 unspecified atom stereocenters. The van der Waals surface area contributed by atoms with Crippen LogP contribution in [0.25, 0.3) is 6.08 Å².